The molecule has 9 nitrogen and oxygen atoms in total. The molecule has 5 N–H and O–H groups in total. The van der Waals surface area contributed by atoms with Gasteiger partial charge in [0.15, 0.2) is 0 Å². The van der Waals surface area contributed by atoms with E-state index in [0.29, 0.717) is 55.6 Å². The van der Waals surface area contributed by atoms with E-state index in [0.717, 1.165) is 41.9 Å². The largest absolute Gasteiger partial charge is 0.387 e. The molecule has 0 aromatic carbocycles. The van der Waals surface area contributed by atoms with E-state index in [-0.39, 0.29) is 23.7 Å². The van der Waals surface area contributed by atoms with E-state index in [2.05, 4.69) is 10.6 Å². The number of nitrogens with zero attached hydrogens (tertiary/aromatic N) is 3. The van der Waals surface area contributed by atoms with Gasteiger partial charge in [0.2, 0.25) is 11.8 Å². The molecule has 1 aliphatic carbocycles. The lowest BCUT2D eigenvalue weighted by Crippen LogP contribution is -2.39. The van der Waals surface area contributed by atoms with Crippen LogP contribution in [0.4, 0.5) is 0 Å². The molecule has 2 unspecified atom stereocenters. The van der Waals surface area contributed by atoms with Gasteiger partial charge in [0.25, 0.3) is 0 Å². The van der Waals surface area contributed by atoms with Gasteiger partial charge in [0, 0.05) is 61.9 Å². The van der Waals surface area contributed by atoms with E-state index >= 15 is 0 Å². The van der Waals surface area contributed by atoms with Gasteiger partial charge >= 0.3 is 0 Å². The quantitative estimate of drug-likeness (QED) is 0.347. The van der Waals surface area contributed by atoms with Gasteiger partial charge in [-0.05, 0) is 31.0 Å². The van der Waals surface area contributed by atoms with E-state index < -0.39 is 6.61 Å². The maximum absolute atomic E-state index is 12.1. The Morgan fingerprint density at radius 2 is 2.11 bits per heavy atom. The van der Waals surface area contributed by atoms with Crippen molar-refractivity contribution in [2.45, 2.75) is 44.6 Å². The molecule has 35 heavy (non-hydrogen) atoms. The van der Waals surface area contributed by atoms with Crippen LogP contribution in [0.3, 0.4) is 0 Å². The molecule has 3 aliphatic rings. The molecular weight excluding hydrogens is 491 g/mol. The van der Waals surface area contributed by atoms with Gasteiger partial charge in [-0.3, -0.25) is 14.3 Å². The van der Waals surface area contributed by atoms with Gasteiger partial charge in [-0.25, -0.2) is 0 Å². The minimum Gasteiger partial charge on any atom is -0.387 e. The highest BCUT2D eigenvalue weighted by Crippen LogP contribution is 2.49. The van der Waals surface area contributed by atoms with Crippen LogP contribution in [-0.4, -0.2) is 64.4 Å². The van der Waals surface area contributed by atoms with Crippen molar-refractivity contribution in [1.82, 2.24) is 25.3 Å². The number of amides is 2. The Morgan fingerprint density at radius 3 is 2.89 bits per heavy atom. The van der Waals surface area contributed by atoms with E-state index in [1.165, 1.54) is 0 Å². The molecule has 0 fully saturated rings. The second kappa shape index (κ2) is 11.6. The third-order valence-electron chi connectivity index (χ3n) is 6.75. The summed E-state index contributed by atoms with van der Waals surface area (Å²) < 4.78 is 1.81. The number of hydrogen-bond donors (Lipinski definition) is 4. The summed E-state index contributed by atoms with van der Waals surface area (Å²) in [5, 5.41) is 21.4. The molecule has 11 heteroatoms. The summed E-state index contributed by atoms with van der Waals surface area (Å²) in [5.41, 5.74) is 9.29. The fourth-order valence-electron chi connectivity index (χ4n) is 4.93. The number of hydrogen-bond acceptors (Lipinski definition) is 6. The van der Waals surface area contributed by atoms with Crippen LogP contribution in [0.15, 0.2) is 45.4 Å². The van der Waals surface area contributed by atoms with Crippen molar-refractivity contribution in [1.29, 1.82) is 0 Å². The summed E-state index contributed by atoms with van der Waals surface area (Å²) >= 11 is 13.1. The SMILES string of the molecule is NCCCCCC(=O)NCCn1ccc(C2C=C(Cl)C(Cl)=C3NC4=C(CN(C(=O)CO)CC4)C32)n1. The zero-order valence-electron chi connectivity index (χ0n) is 19.6. The molecule has 0 spiro atoms. The van der Waals surface area contributed by atoms with Crippen LogP contribution in [0.1, 0.15) is 43.7 Å². The zero-order valence-corrected chi connectivity index (χ0v) is 21.1. The molecule has 0 saturated heterocycles. The number of unbranched alkanes of at least 4 members (excludes halogenated alkanes) is 2. The number of aliphatic hydroxyl groups is 1. The predicted molar refractivity (Wildman–Crippen MR) is 134 cm³/mol. The smallest absolute Gasteiger partial charge is 0.248 e. The average molecular weight is 523 g/mol. The molecule has 4 rings (SSSR count). The topological polar surface area (TPSA) is 126 Å². The zero-order chi connectivity index (χ0) is 24.9. The molecule has 2 atom stereocenters. The molecule has 1 aromatic rings. The second-order valence-electron chi connectivity index (χ2n) is 9.05. The Hall–Kier alpha value is -2.33. The summed E-state index contributed by atoms with van der Waals surface area (Å²) in [5.74, 6) is -0.503. The number of carbonyl (C=O) groups excluding carboxylic acids is 2. The van der Waals surface area contributed by atoms with Crippen LogP contribution in [0.5, 0.6) is 0 Å². The van der Waals surface area contributed by atoms with Crippen molar-refractivity contribution < 1.29 is 14.7 Å². The highest BCUT2D eigenvalue weighted by atomic mass is 35.5. The van der Waals surface area contributed by atoms with Crippen molar-refractivity contribution >= 4 is 35.0 Å². The Balaban J connectivity index is 1.43. The lowest BCUT2D eigenvalue weighted by Gasteiger charge is -2.32. The average Bonchev–Trinajstić information content (AvgIpc) is 3.48. The second-order valence-corrected chi connectivity index (χ2v) is 9.84. The Kier molecular flexibility index (Phi) is 8.54. The third-order valence-corrected chi connectivity index (χ3v) is 7.56. The first kappa shape index (κ1) is 25.8. The van der Waals surface area contributed by atoms with Crippen molar-refractivity contribution in [3.05, 3.63) is 51.1 Å². The monoisotopic (exact) mass is 522 g/mol. The molecule has 0 radical (unpaired) electrons. The molecule has 1 aromatic heterocycles. The summed E-state index contributed by atoms with van der Waals surface area (Å²) in [6.07, 6.45) is 7.73. The number of nitrogens with two attached hydrogens (primary N) is 1. The number of fused-ring (bicyclic) bond motifs is 2. The molecule has 190 valence electrons. The van der Waals surface area contributed by atoms with Gasteiger partial charge in [0.05, 0.1) is 22.3 Å². The lowest BCUT2D eigenvalue weighted by molar-refractivity contribution is -0.134. The highest BCUT2D eigenvalue weighted by molar-refractivity contribution is 6.44. The van der Waals surface area contributed by atoms with Crippen LogP contribution in [0.25, 0.3) is 0 Å². The molecule has 0 bridgehead atoms. The van der Waals surface area contributed by atoms with Crippen LogP contribution in [0.2, 0.25) is 0 Å². The Bertz CT molecular complexity index is 1060. The molecule has 2 aliphatic heterocycles. The van der Waals surface area contributed by atoms with Gasteiger partial charge in [0.1, 0.15) is 6.61 Å². The minimum atomic E-state index is -0.506. The predicted octanol–water partition coefficient (Wildman–Crippen LogP) is 1.89. The number of aromatic nitrogens is 2. The fraction of sp³-hybridized carbons (Fsp3) is 0.542. The first-order valence-electron chi connectivity index (χ1n) is 12.1. The molecular formula is C24H32Cl2N6O3. The summed E-state index contributed by atoms with van der Waals surface area (Å²) in [6.45, 7) is 2.17. The van der Waals surface area contributed by atoms with Gasteiger partial charge in [-0.15, -0.1) is 0 Å². The molecule has 3 heterocycles. The highest BCUT2D eigenvalue weighted by Gasteiger charge is 2.43. The van der Waals surface area contributed by atoms with E-state index in [1.54, 1.807) is 4.90 Å². The van der Waals surface area contributed by atoms with Gasteiger partial charge < -0.3 is 26.4 Å². The first-order chi connectivity index (χ1) is 16.9. The number of nitrogens with one attached hydrogen (secondary N) is 2. The summed E-state index contributed by atoms with van der Waals surface area (Å²) in [7, 11) is 0. The summed E-state index contributed by atoms with van der Waals surface area (Å²) in [4.78, 5) is 25.8. The number of aliphatic hydroxyl groups excluding tert-OH is 1. The Labute approximate surface area is 215 Å². The van der Waals surface area contributed by atoms with Crippen LogP contribution in [-0.2, 0) is 16.1 Å². The Morgan fingerprint density at radius 1 is 1.29 bits per heavy atom. The van der Waals surface area contributed by atoms with Crippen molar-refractivity contribution in [3.8, 4) is 0 Å². The van der Waals surface area contributed by atoms with Gasteiger partial charge in [-0.1, -0.05) is 35.7 Å². The number of rotatable bonds is 10. The van der Waals surface area contributed by atoms with Crippen molar-refractivity contribution in [2.24, 2.45) is 11.7 Å². The van der Waals surface area contributed by atoms with E-state index in [4.69, 9.17) is 34.0 Å². The number of allylic oxidation sites excluding steroid dienone is 4. The fourth-order valence-corrected chi connectivity index (χ4v) is 5.39. The van der Waals surface area contributed by atoms with Crippen LogP contribution < -0.4 is 16.4 Å². The number of carbonyl (C=O) groups is 2. The van der Waals surface area contributed by atoms with E-state index in [1.807, 2.05) is 23.0 Å². The standard InChI is InChI=1S/C24H32Cl2N6O3/c25-17-12-15(19-6-10-32(30-19)11-8-28-20(34)4-2-1-3-7-27)22-16-13-31(21(35)14-33)9-5-18(16)29-24(22)23(17)26/h6,10,12,15,22,29,33H,1-5,7-9,11,13-14,27H2,(H,28,34). The maximum atomic E-state index is 12.1. The van der Waals surface area contributed by atoms with Crippen LogP contribution >= 0.6 is 23.2 Å². The van der Waals surface area contributed by atoms with Crippen LogP contribution in [0, 0.1) is 5.92 Å². The van der Waals surface area contributed by atoms with Crippen molar-refractivity contribution in [2.75, 3.05) is 32.8 Å². The van der Waals surface area contributed by atoms with E-state index in [9.17, 15) is 14.7 Å². The minimum absolute atomic E-state index is 0.0385. The van der Waals surface area contributed by atoms with Crippen molar-refractivity contribution in [3.63, 3.8) is 0 Å². The third kappa shape index (κ3) is 5.74. The molecule has 2 amide bonds. The first-order valence-corrected chi connectivity index (χ1v) is 12.8. The number of halogens is 2. The lowest BCUT2D eigenvalue weighted by atomic mass is 9.79. The maximum Gasteiger partial charge on any atom is 0.248 e. The summed E-state index contributed by atoms with van der Waals surface area (Å²) in [6, 6.07) is 1.95. The van der Waals surface area contributed by atoms with Gasteiger partial charge in [-0.2, -0.15) is 5.10 Å². The normalized spacial score (nSPS) is 21.5. The molecule has 0 saturated carbocycles.